The van der Waals surface area contributed by atoms with Crippen molar-refractivity contribution in [3.8, 4) is 23.0 Å². The Hall–Kier alpha value is -2.45. The van der Waals surface area contributed by atoms with Crippen molar-refractivity contribution in [2.45, 2.75) is 11.8 Å². The van der Waals surface area contributed by atoms with Crippen LogP contribution in [0.2, 0.25) is 0 Å². The number of nitrogens with one attached hydrogen (secondary N) is 1. The second-order valence-electron chi connectivity index (χ2n) is 5.37. The number of aryl methyl sites for hydroxylation is 1. The molecule has 1 N–H and O–H groups in total. The molecule has 0 aliphatic carbocycles. The van der Waals surface area contributed by atoms with Crippen LogP contribution in [0, 0.1) is 6.92 Å². The van der Waals surface area contributed by atoms with Crippen LogP contribution in [0.25, 0.3) is 0 Å². The van der Waals surface area contributed by atoms with E-state index in [0.717, 1.165) is 5.56 Å². The van der Waals surface area contributed by atoms with Gasteiger partial charge in [0.25, 0.3) is 0 Å². The first kappa shape index (κ1) is 19.9. The van der Waals surface area contributed by atoms with Crippen molar-refractivity contribution in [1.29, 1.82) is 0 Å². The lowest BCUT2D eigenvalue weighted by molar-refractivity contribution is 0.287. The highest BCUT2D eigenvalue weighted by molar-refractivity contribution is 7.89. The molecule has 142 valence electrons. The molecule has 8 heteroatoms. The van der Waals surface area contributed by atoms with Crippen LogP contribution < -0.4 is 23.7 Å². The normalized spacial score (nSPS) is 11.1. The minimum atomic E-state index is -3.63. The molecule has 0 bridgehead atoms. The van der Waals surface area contributed by atoms with E-state index in [4.69, 9.17) is 18.9 Å². The molecule has 2 rings (SSSR count). The Morgan fingerprint density at radius 2 is 1.62 bits per heavy atom. The summed E-state index contributed by atoms with van der Waals surface area (Å²) in [5.41, 5.74) is 0.743. The molecular weight excluding hydrogens is 358 g/mol. The van der Waals surface area contributed by atoms with Gasteiger partial charge in [0.15, 0.2) is 11.5 Å². The van der Waals surface area contributed by atoms with E-state index in [1.54, 1.807) is 44.4 Å². The van der Waals surface area contributed by atoms with E-state index in [1.165, 1.54) is 20.3 Å². The third kappa shape index (κ3) is 4.59. The topological polar surface area (TPSA) is 83.1 Å². The molecule has 0 fully saturated rings. The molecule has 0 unspecified atom stereocenters. The molecule has 0 heterocycles. The Labute approximate surface area is 153 Å². The average molecular weight is 381 g/mol. The van der Waals surface area contributed by atoms with Crippen LogP contribution in [0.15, 0.2) is 41.3 Å². The highest BCUT2D eigenvalue weighted by Gasteiger charge is 2.15. The van der Waals surface area contributed by atoms with Crippen LogP contribution in [-0.4, -0.2) is 42.9 Å². The molecule has 2 aromatic rings. The fraction of sp³-hybridized carbons (Fsp3) is 0.333. The largest absolute Gasteiger partial charge is 0.496 e. The predicted molar refractivity (Wildman–Crippen MR) is 98.0 cm³/mol. The van der Waals surface area contributed by atoms with Crippen molar-refractivity contribution in [2.24, 2.45) is 0 Å². The summed E-state index contributed by atoms with van der Waals surface area (Å²) in [5, 5.41) is 0. The first-order valence-corrected chi connectivity index (χ1v) is 9.39. The summed E-state index contributed by atoms with van der Waals surface area (Å²) in [6.07, 6.45) is 0. The Kier molecular flexibility index (Phi) is 6.70. The van der Waals surface area contributed by atoms with Gasteiger partial charge in [-0.15, -0.1) is 0 Å². The van der Waals surface area contributed by atoms with Gasteiger partial charge in [0, 0.05) is 6.54 Å². The van der Waals surface area contributed by atoms with Crippen molar-refractivity contribution in [3.05, 3.63) is 42.0 Å². The maximum Gasteiger partial charge on any atom is 0.240 e. The van der Waals surface area contributed by atoms with E-state index in [9.17, 15) is 8.42 Å². The van der Waals surface area contributed by atoms with Crippen molar-refractivity contribution < 1.29 is 27.4 Å². The van der Waals surface area contributed by atoms with Crippen molar-refractivity contribution in [2.75, 3.05) is 34.5 Å². The van der Waals surface area contributed by atoms with E-state index in [-0.39, 0.29) is 18.0 Å². The van der Waals surface area contributed by atoms with Gasteiger partial charge in [0.2, 0.25) is 15.8 Å². The van der Waals surface area contributed by atoms with Crippen LogP contribution in [0.4, 0.5) is 0 Å². The second-order valence-corrected chi connectivity index (χ2v) is 7.14. The standard InChI is InChI=1S/C18H23NO6S/c1-13-12-14(8-9-15(13)22-2)26(20,21)19-10-11-25-17-7-5-6-16(23-3)18(17)24-4/h5-9,12,19H,10-11H2,1-4H3. The number of hydrogen-bond acceptors (Lipinski definition) is 6. The molecule has 26 heavy (non-hydrogen) atoms. The van der Waals surface area contributed by atoms with Crippen LogP contribution >= 0.6 is 0 Å². The first-order chi connectivity index (χ1) is 12.4. The highest BCUT2D eigenvalue weighted by Crippen LogP contribution is 2.36. The van der Waals surface area contributed by atoms with Crippen molar-refractivity contribution >= 4 is 10.0 Å². The van der Waals surface area contributed by atoms with Crippen LogP contribution in [0.5, 0.6) is 23.0 Å². The van der Waals surface area contributed by atoms with Gasteiger partial charge in [-0.25, -0.2) is 13.1 Å². The molecule has 0 saturated heterocycles. The second kappa shape index (κ2) is 8.77. The summed E-state index contributed by atoms with van der Waals surface area (Å²) in [7, 11) is 0.956. The molecular formula is C18H23NO6S. The third-order valence-electron chi connectivity index (χ3n) is 3.70. The van der Waals surface area contributed by atoms with E-state index in [2.05, 4.69) is 4.72 Å². The zero-order valence-corrected chi connectivity index (χ0v) is 16.1. The smallest absolute Gasteiger partial charge is 0.240 e. The van der Waals surface area contributed by atoms with E-state index in [0.29, 0.717) is 23.0 Å². The number of sulfonamides is 1. The zero-order chi connectivity index (χ0) is 19.2. The number of rotatable bonds is 9. The highest BCUT2D eigenvalue weighted by atomic mass is 32.2. The molecule has 0 aromatic heterocycles. The quantitative estimate of drug-likeness (QED) is 0.672. The first-order valence-electron chi connectivity index (χ1n) is 7.91. The lowest BCUT2D eigenvalue weighted by Gasteiger charge is -2.14. The number of benzene rings is 2. The summed E-state index contributed by atoms with van der Waals surface area (Å²) < 4.78 is 48.5. The van der Waals surface area contributed by atoms with Gasteiger partial charge in [-0.2, -0.15) is 0 Å². The zero-order valence-electron chi connectivity index (χ0n) is 15.2. The van der Waals surface area contributed by atoms with Crippen LogP contribution in [-0.2, 0) is 10.0 Å². The van der Waals surface area contributed by atoms with Crippen molar-refractivity contribution in [1.82, 2.24) is 4.72 Å². The number of methoxy groups -OCH3 is 3. The van der Waals surface area contributed by atoms with Crippen LogP contribution in [0.1, 0.15) is 5.56 Å². The van der Waals surface area contributed by atoms with Gasteiger partial charge in [0.1, 0.15) is 12.4 Å². The molecule has 0 radical (unpaired) electrons. The fourth-order valence-corrected chi connectivity index (χ4v) is 3.51. The molecule has 0 aliphatic heterocycles. The van der Waals surface area contributed by atoms with Gasteiger partial charge in [0.05, 0.1) is 26.2 Å². The Morgan fingerprint density at radius 1 is 0.923 bits per heavy atom. The van der Waals surface area contributed by atoms with Gasteiger partial charge < -0.3 is 18.9 Å². The lowest BCUT2D eigenvalue weighted by Crippen LogP contribution is -2.28. The SMILES string of the molecule is COc1ccc(S(=O)(=O)NCCOc2cccc(OC)c2OC)cc1C. The Morgan fingerprint density at radius 3 is 2.23 bits per heavy atom. The summed E-state index contributed by atoms with van der Waals surface area (Å²) in [6, 6.07) is 9.93. The summed E-state index contributed by atoms with van der Waals surface area (Å²) in [6.45, 7) is 2.03. The van der Waals surface area contributed by atoms with Gasteiger partial charge in [-0.05, 0) is 42.8 Å². The number of ether oxygens (including phenoxy) is 4. The maximum absolute atomic E-state index is 12.4. The summed E-state index contributed by atoms with van der Waals surface area (Å²) in [5.74, 6) is 2.12. The molecule has 0 aliphatic rings. The van der Waals surface area contributed by atoms with E-state index >= 15 is 0 Å². The van der Waals surface area contributed by atoms with Gasteiger partial charge in [-0.3, -0.25) is 0 Å². The van der Waals surface area contributed by atoms with E-state index in [1.807, 2.05) is 0 Å². The monoisotopic (exact) mass is 381 g/mol. The summed E-state index contributed by atoms with van der Waals surface area (Å²) >= 11 is 0. The van der Waals surface area contributed by atoms with Gasteiger partial charge >= 0.3 is 0 Å². The Bertz CT molecular complexity index is 851. The predicted octanol–water partition coefficient (Wildman–Crippen LogP) is 2.38. The minimum Gasteiger partial charge on any atom is -0.496 e. The number of hydrogen-bond donors (Lipinski definition) is 1. The van der Waals surface area contributed by atoms with Crippen molar-refractivity contribution in [3.63, 3.8) is 0 Å². The molecule has 0 spiro atoms. The molecule has 7 nitrogen and oxygen atoms in total. The third-order valence-corrected chi connectivity index (χ3v) is 5.15. The molecule has 0 atom stereocenters. The molecule has 0 saturated carbocycles. The Balaban J connectivity index is 1.98. The van der Waals surface area contributed by atoms with Gasteiger partial charge in [-0.1, -0.05) is 6.07 Å². The van der Waals surface area contributed by atoms with E-state index < -0.39 is 10.0 Å². The fourth-order valence-electron chi connectivity index (χ4n) is 2.41. The number of para-hydroxylation sites is 1. The summed E-state index contributed by atoms with van der Waals surface area (Å²) in [4.78, 5) is 0.176. The average Bonchev–Trinajstić information content (AvgIpc) is 2.64. The minimum absolute atomic E-state index is 0.105. The maximum atomic E-state index is 12.4. The lowest BCUT2D eigenvalue weighted by atomic mass is 10.2. The molecule has 2 aromatic carbocycles. The molecule has 0 amide bonds. The van der Waals surface area contributed by atoms with Crippen LogP contribution in [0.3, 0.4) is 0 Å².